The van der Waals surface area contributed by atoms with E-state index in [0.717, 1.165) is 0 Å². The van der Waals surface area contributed by atoms with Crippen molar-refractivity contribution in [3.8, 4) is 6.07 Å². The van der Waals surface area contributed by atoms with Crippen LogP contribution in [0, 0.1) is 18.3 Å². The van der Waals surface area contributed by atoms with E-state index in [1.165, 1.54) is 10.7 Å². The van der Waals surface area contributed by atoms with Gasteiger partial charge in [-0.2, -0.15) is 14.9 Å². The van der Waals surface area contributed by atoms with Gasteiger partial charge in [-0.15, -0.1) is 0 Å². The zero-order valence-electron chi connectivity index (χ0n) is 16.4. The summed E-state index contributed by atoms with van der Waals surface area (Å²) in [5.74, 6) is 0.468. The maximum absolute atomic E-state index is 13.5. The summed E-state index contributed by atoms with van der Waals surface area (Å²) in [5.41, 5.74) is 1.57. The number of nitrogens with zero attached hydrogens (tertiary/aromatic N) is 6. The largest absolute Gasteiger partial charge is 0.389 e. The number of halogens is 3. The third kappa shape index (κ3) is 3.65. The van der Waals surface area contributed by atoms with E-state index in [4.69, 9.17) is 11.6 Å². The molecule has 0 bridgehead atoms. The van der Waals surface area contributed by atoms with Crippen molar-refractivity contribution in [1.29, 1.82) is 5.26 Å². The molecule has 4 rings (SSSR count). The number of aliphatic hydroxyl groups excluding tert-OH is 1. The Labute approximate surface area is 181 Å². The average Bonchev–Trinajstić information content (AvgIpc) is 3.06. The van der Waals surface area contributed by atoms with Crippen LogP contribution in [0.15, 0.2) is 46.6 Å². The highest BCUT2D eigenvalue weighted by Gasteiger charge is 2.32. The van der Waals surface area contributed by atoms with Crippen LogP contribution in [-0.4, -0.2) is 44.6 Å². The molecule has 0 atom stereocenters. The van der Waals surface area contributed by atoms with Crippen LogP contribution in [0.4, 0.5) is 14.6 Å². The van der Waals surface area contributed by atoms with Crippen LogP contribution in [-0.2, 0) is 0 Å². The monoisotopic (exact) mass is 442 g/mol. The molecule has 1 aliphatic heterocycles. The molecule has 0 unspecified atom stereocenters. The Bertz CT molecular complexity index is 1250. The minimum Gasteiger partial charge on any atom is -0.389 e. The second-order valence-corrected chi connectivity index (χ2v) is 7.50. The summed E-state index contributed by atoms with van der Waals surface area (Å²) in [6, 6.07) is 1.79. The second-order valence-electron chi connectivity index (χ2n) is 7.06. The summed E-state index contributed by atoms with van der Waals surface area (Å²) < 4.78 is 28.3. The number of aromatic nitrogens is 3. The van der Waals surface area contributed by atoms with Crippen LogP contribution in [0.25, 0.3) is 11.7 Å². The average molecular weight is 443 g/mol. The Morgan fingerprint density at radius 1 is 1.42 bits per heavy atom. The number of β-amino-alcohol motifs (C(OH)–C–C–N with tert-alkyl or cyclic N) is 1. The molecule has 2 aromatic heterocycles. The fraction of sp³-hybridized carbons (Fsp3) is 0.238. The van der Waals surface area contributed by atoms with Crippen LogP contribution >= 0.6 is 11.6 Å². The smallest absolute Gasteiger partial charge is 0.283 e. The predicted molar refractivity (Wildman–Crippen MR) is 114 cm³/mol. The van der Waals surface area contributed by atoms with Crippen LogP contribution in [0.5, 0.6) is 0 Å². The number of anilines is 1. The lowest BCUT2D eigenvalue weighted by Gasteiger charge is -2.38. The number of aliphatic hydroxyl groups is 1. The fourth-order valence-corrected chi connectivity index (χ4v) is 3.70. The first-order valence-electron chi connectivity index (χ1n) is 9.34. The van der Waals surface area contributed by atoms with E-state index >= 15 is 0 Å². The van der Waals surface area contributed by atoms with Crippen molar-refractivity contribution in [3.63, 3.8) is 0 Å². The van der Waals surface area contributed by atoms with Gasteiger partial charge in [-0.3, -0.25) is 4.99 Å². The Kier molecular flexibility index (Phi) is 5.43. The van der Waals surface area contributed by atoms with E-state index in [1.54, 1.807) is 37.3 Å². The zero-order chi connectivity index (χ0) is 22.3. The second kappa shape index (κ2) is 8.06. The van der Waals surface area contributed by atoms with Gasteiger partial charge in [0, 0.05) is 35.5 Å². The van der Waals surface area contributed by atoms with Crippen molar-refractivity contribution in [3.05, 3.63) is 64.1 Å². The lowest BCUT2D eigenvalue weighted by atomic mass is 10.0. The summed E-state index contributed by atoms with van der Waals surface area (Å²) in [6.45, 7) is 5.95. The summed E-state index contributed by atoms with van der Waals surface area (Å²) in [4.78, 5) is 10.5. The van der Waals surface area contributed by atoms with Crippen molar-refractivity contribution in [2.75, 3.05) is 18.0 Å². The molecule has 158 valence electrons. The minimum absolute atomic E-state index is 0.0518. The number of aryl methyl sites for hydroxylation is 1. The zero-order valence-corrected chi connectivity index (χ0v) is 17.2. The molecule has 10 heteroatoms. The molecular weight excluding hydrogens is 426 g/mol. The van der Waals surface area contributed by atoms with E-state index in [0.29, 0.717) is 46.5 Å². The van der Waals surface area contributed by atoms with Gasteiger partial charge in [0.1, 0.15) is 23.1 Å². The molecule has 0 saturated carbocycles. The minimum atomic E-state index is -2.92. The maximum Gasteiger partial charge on any atom is 0.283 e. The lowest BCUT2D eigenvalue weighted by Crippen LogP contribution is -2.52. The molecular formula is C21H17ClF2N6O. The van der Waals surface area contributed by atoms with E-state index in [9.17, 15) is 19.1 Å². The van der Waals surface area contributed by atoms with Crippen LogP contribution in [0.1, 0.15) is 28.9 Å². The molecule has 2 aliphatic rings. The van der Waals surface area contributed by atoms with E-state index in [1.807, 2.05) is 4.90 Å². The first kappa shape index (κ1) is 20.9. The van der Waals surface area contributed by atoms with Gasteiger partial charge < -0.3 is 10.0 Å². The molecule has 2 aromatic rings. The molecule has 1 fully saturated rings. The number of fused-ring (bicyclic) bond motifs is 1. The van der Waals surface area contributed by atoms with Crippen LogP contribution in [0.3, 0.4) is 0 Å². The van der Waals surface area contributed by atoms with Gasteiger partial charge in [-0.05, 0) is 25.2 Å². The number of hydrogen-bond donors (Lipinski definition) is 1. The van der Waals surface area contributed by atoms with Crippen molar-refractivity contribution in [1.82, 2.24) is 14.6 Å². The summed E-state index contributed by atoms with van der Waals surface area (Å²) in [7, 11) is 0. The fourth-order valence-electron chi connectivity index (χ4n) is 3.54. The SMILES string of the molecule is C=CN=C1C=C(Cl)C=C/C1=C\c1c(C)nc2c(C#N)c(C(F)F)nn2c1N1CC(O)C1. The van der Waals surface area contributed by atoms with Gasteiger partial charge >= 0.3 is 0 Å². The number of allylic oxidation sites excluding steroid dienone is 5. The van der Waals surface area contributed by atoms with E-state index in [2.05, 4.69) is 21.7 Å². The van der Waals surface area contributed by atoms with Gasteiger partial charge in [-0.1, -0.05) is 24.3 Å². The van der Waals surface area contributed by atoms with Crippen molar-refractivity contribution >= 4 is 34.9 Å². The molecule has 7 nitrogen and oxygen atoms in total. The molecule has 0 aromatic carbocycles. The standard InChI is InChI=1S/C21H17ClF2N6O/c1-3-26-17-7-13(22)5-4-12(17)6-15-11(2)27-20-16(8-25)18(19(23)24)28-30(20)21(15)29-9-14(31)10-29/h3-7,14,19,31H,1,9-10H2,2H3/b12-6+,26-17?. The Balaban J connectivity index is 2.00. The molecule has 1 N–H and O–H groups in total. The van der Waals surface area contributed by atoms with E-state index < -0.39 is 18.2 Å². The van der Waals surface area contributed by atoms with Gasteiger partial charge in [0.25, 0.3) is 6.43 Å². The molecule has 1 aliphatic carbocycles. The number of rotatable bonds is 4. The molecule has 31 heavy (non-hydrogen) atoms. The van der Waals surface area contributed by atoms with Crippen LogP contribution in [0.2, 0.25) is 0 Å². The quantitative estimate of drug-likeness (QED) is 0.780. The van der Waals surface area contributed by atoms with Gasteiger partial charge in [0.15, 0.2) is 5.65 Å². The van der Waals surface area contributed by atoms with E-state index in [-0.39, 0.29) is 11.2 Å². The summed E-state index contributed by atoms with van der Waals surface area (Å²) in [6.07, 6.45) is 4.90. The molecule has 3 heterocycles. The molecule has 0 radical (unpaired) electrons. The first-order chi connectivity index (χ1) is 14.8. The highest BCUT2D eigenvalue weighted by molar-refractivity contribution is 6.35. The third-order valence-electron chi connectivity index (χ3n) is 5.00. The summed E-state index contributed by atoms with van der Waals surface area (Å²) in [5, 5.41) is 23.8. The predicted octanol–water partition coefficient (Wildman–Crippen LogP) is 3.69. The van der Waals surface area contributed by atoms with Gasteiger partial charge in [0.05, 0.1) is 17.5 Å². The van der Waals surface area contributed by atoms with Crippen LogP contribution < -0.4 is 4.90 Å². The normalized spacial score (nSPS) is 19.3. The summed E-state index contributed by atoms with van der Waals surface area (Å²) >= 11 is 6.09. The highest BCUT2D eigenvalue weighted by atomic mass is 35.5. The van der Waals surface area contributed by atoms with Crippen molar-refractivity contribution < 1.29 is 13.9 Å². The van der Waals surface area contributed by atoms with Gasteiger partial charge in [0.2, 0.25) is 0 Å². The number of hydrogen-bond acceptors (Lipinski definition) is 6. The Morgan fingerprint density at radius 2 is 2.16 bits per heavy atom. The van der Waals surface area contributed by atoms with Crippen molar-refractivity contribution in [2.45, 2.75) is 19.5 Å². The number of nitriles is 1. The Hall–Kier alpha value is -3.35. The molecule has 0 amide bonds. The third-order valence-corrected chi connectivity index (χ3v) is 5.23. The lowest BCUT2D eigenvalue weighted by molar-refractivity contribution is 0.139. The van der Waals surface area contributed by atoms with Crippen molar-refractivity contribution in [2.24, 2.45) is 4.99 Å². The number of alkyl halides is 2. The maximum atomic E-state index is 13.5. The topological polar surface area (TPSA) is 89.8 Å². The Morgan fingerprint density at radius 3 is 2.77 bits per heavy atom. The molecule has 0 spiro atoms. The van der Waals surface area contributed by atoms with Gasteiger partial charge in [-0.25, -0.2) is 13.8 Å². The molecule has 1 saturated heterocycles. The number of aliphatic imine (C=N–C) groups is 1. The first-order valence-corrected chi connectivity index (χ1v) is 9.72. The highest BCUT2D eigenvalue weighted by Crippen LogP contribution is 2.34.